The molecule has 0 aliphatic carbocycles. The predicted molar refractivity (Wildman–Crippen MR) is 426 cm³/mol. The molecule has 5 heterocycles. The van der Waals surface area contributed by atoms with Crippen molar-refractivity contribution in [2.24, 2.45) is 0 Å². The number of imidazole rings is 2. The first-order chi connectivity index (χ1) is 49.6. The van der Waals surface area contributed by atoms with Crippen LogP contribution in [0.3, 0.4) is 0 Å². The van der Waals surface area contributed by atoms with Gasteiger partial charge in [0.2, 0.25) is 0 Å². The molecule has 0 spiro atoms. The largest absolute Gasteiger partial charge is 0.398 e. The molecule has 3 aliphatic rings. The molecule has 0 fully saturated rings. The summed E-state index contributed by atoms with van der Waals surface area (Å²) in [6.07, 6.45) is 0.745. The third kappa shape index (κ3) is 9.89. The number of nitrogens with zero attached hydrogens (tertiary/aromatic N) is 4. The van der Waals surface area contributed by atoms with E-state index in [2.05, 4.69) is 152 Å². The Morgan fingerprint density at radius 2 is 0.644 bits per heavy atom. The molecule has 12 heteroatoms. The molecule has 2 N–H and O–H groups in total. The second-order valence-corrected chi connectivity index (χ2v) is 34.6. The zero-order valence-corrected chi connectivity index (χ0v) is 58.7. The summed E-state index contributed by atoms with van der Waals surface area (Å²) in [4.78, 5) is 10.2. The van der Waals surface area contributed by atoms with Gasteiger partial charge in [0.1, 0.15) is 11.6 Å². The van der Waals surface area contributed by atoms with E-state index < -0.39 is 21.4 Å². The number of hydrogen-bond donors (Lipinski definition) is 1. The van der Waals surface area contributed by atoms with E-state index in [-0.39, 0.29) is 0 Å². The van der Waals surface area contributed by atoms with Gasteiger partial charge >= 0.3 is 0 Å². The van der Waals surface area contributed by atoms with E-state index in [1.165, 1.54) is 38.2 Å². The molecule has 15 aromatic carbocycles. The number of halogens is 1. The number of rotatable bonds is 7. The molecule has 0 saturated carbocycles. The van der Waals surface area contributed by atoms with Gasteiger partial charge in [-0.3, -0.25) is 9.13 Å². The molecule has 0 radical (unpaired) electrons. The highest BCUT2D eigenvalue weighted by Gasteiger charge is 2.42. The van der Waals surface area contributed by atoms with Crippen LogP contribution in [-0.2, 0) is 20.1 Å². The maximum Gasteiger partial charge on any atom is 0.175 e. The van der Waals surface area contributed by atoms with Crippen LogP contribution < -0.4 is 53.5 Å². The minimum absolute atomic E-state index is 0.725. The molecule has 20 rings (SSSR count). The Morgan fingerprint density at radius 3 is 1.11 bits per heavy atom. The van der Waals surface area contributed by atoms with Crippen LogP contribution in [0.4, 0.5) is 5.69 Å². The Bertz CT molecular complexity index is 6240. The highest BCUT2D eigenvalue weighted by molar-refractivity contribution is 9.10. The normalized spacial score (nSPS) is 16.6. The summed E-state index contributed by atoms with van der Waals surface area (Å²) < 4.78 is 49.7. The van der Waals surface area contributed by atoms with E-state index in [1.54, 1.807) is 0 Å². The van der Waals surface area contributed by atoms with Crippen LogP contribution in [0.5, 0.6) is 0 Å². The summed E-state index contributed by atoms with van der Waals surface area (Å²) in [6, 6.07) is 117. The topological polar surface area (TPSA) is 113 Å². The monoisotopic (exact) mass is 1420 g/mol. The minimum Gasteiger partial charge on any atom is -0.398 e. The molecule has 101 heavy (non-hydrogen) atoms. The Balaban J connectivity index is 0.000000120. The van der Waals surface area contributed by atoms with E-state index in [1.807, 2.05) is 218 Å². The molecule has 482 valence electrons. The number of hydrogen-bond acceptors (Lipinski definition) is 6. The lowest BCUT2D eigenvalue weighted by atomic mass is 9.86. The molecule has 0 amide bonds. The lowest BCUT2D eigenvalue weighted by Crippen LogP contribution is -2.34. The molecule has 17 aromatic rings. The Kier molecular flexibility index (Phi) is 15.3. The van der Waals surface area contributed by atoms with Crippen LogP contribution in [0.1, 0.15) is 11.1 Å². The first-order valence-corrected chi connectivity index (χ1v) is 39.5. The van der Waals surface area contributed by atoms with E-state index in [0.29, 0.717) is 0 Å². The second-order valence-electron chi connectivity index (χ2n) is 25.6. The maximum absolute atomic E-state index is 15.3. The molecule has 8 nitrogen and oxygen atoms in total. The number of fused-ring (bicyclic) bond motifs is 8. The van der Waals surface area contributed by atoms with E-state index in [4.69, 9.17) is 15.7 Å². The zero-order valence-electron chi connectivity index (χ0n) is 54.4. The number of aromatic nitrogens is 4. The van der Waals surface area contributed by atoms with Gasteiger partial charge in [-0.25, -0.2) is 9.97 Å². The second kappa shape index (κ2) is 24.9. The van der Waals surface area contributed by atoms with E-state index in [0.717, 1.165) is 137 Å². The molecular weight excluding hydrogens is 1360 g/mol. The summed E-state index contributed by atoms with van der Waals surface area (Å²) >= 11 is 3.51. The van der Waals surface area contributed by atoms with Crippen molar-refractivity contribution < 1.29 is 13.7 Å². The summed E-state index contributed by atoms with van der Waals surface area (Å²) in [7, 11) is -9.00. The van der Waals surface area contributed by atoms with Crippen LogP contribution in [0.2, 0.25) is 0 Å². The van der Waals surface area contributed by atoms with Gasteiger partial charge in [-0.1, -0.05) is 295 Å². The summed E-state index contributed by atoms with van der Waals surface area (Å²) in [5.41, 5.74) is 21.3. The lowest BCUT2D eigenvalue weighted by molar-refractivity contribution is 0.591. The Hall–Kier alpha value is -11.3. The molecule has 3 atom stereocenters. The molecule has 0 bridgehead atoms. The zero-order chi connectivity index (χ0) is 68.0. The summed E-state index contributed by atoms with van der Waals surface area (Å²) in [5, 5.41) is 12.7. The molecule has 0 saturated heterocycles. The van der Waals surface area contributed by atoms with Gasteiger partial charge in [0.05, 0.1) is 33.4 Å². The van der Waals surface area contributed by atoms with Crippen LogP contribution in [0.25, 0.3) is 100 Å². The highest BCUT2D eigenvalue weighted by atomic mass is 79.9. The van der Waals surface area contributed by atoms with Crippen LogP contribution in [-0.4, -0.2) is 19.1 Å². The van der Waals surface area contributed by atoms with Gasteiger partial charge in [-0.2, -0.15) is 0 Å². The van der Waals surface area contributed by atoms with Crippen molar-refractivity contribution in [2.75, 3.05) is 5.73 Å². The third-order valence-electron chi connectivity index (χ3n) is 20.0. The standard InChI is InChI=1S/C45H29N2OP.C25H16BrN2OP.C19H16NOP/c48-49(33-16-5-2-6-17-33)40-24-12-11-23-39(40)47-44-38(22-13-25-41(44)49)46-45(47)32-28-26-31(27-29-32)43-36-20-9-7-18-34(36)42(30-14-3-1-4-15-30)35-19-8-10-21-37(35)43;26-18-15-13-17(14-16-18)25-27-20-9-6-12-23-24(20)28(25)21-10-4-5-11-22(21)30(23,29)19-7-2-1-3-8-19;20-17-10-6-12-19-16(17)13-14-7-4-5-11-18(14)22(19,21)15-8-2-1-3-9-15/h1-29H;1-16H;1-12H,13,20H2. The number of anilines is 1. The number of para-hydroxylation sites is 4. The quantitative estimate of drug-likeness (QED) is 0.0966. The van der Waals surface area contributed by atoms with Crippen LogP contribution in [0, 0.1) is 0 Å². The fraction of sp³-hybridized carbons (Fsp3) is 0.0112. The minimum atomic E-state index is -3.12. The first-order valence-electron chi connectivity index (χ1n) is 33.6. The average Bonchev–Trinajstić information content (AvgIpc) is 1.60. The fourth-order valence-corrected chi connectivity index (χ4v) is 25.0. The lowest BCUT2D eigenvalue weighted by Gasteiger charge is -2.30. The summed E-state index contributed by atoms with van der Waals surface area (Å²) in [6.45, 7) is 0. The fourth-order valence-electron chi connectivity index (χ4n) is 15.5. The number of nitrogens with two attached hydrogens (primary N) is 1. The van der Waals surface area contributed by atoms with Crippen molar-refractivity contribution in [1.82, 2.24) is 19.1 Å². The van der Waals surface area contributed by atoms with Crippen molar-refractivity contribution in [1.29, 1.82) is 0 Å². The van der Waals surface area contributed by atoms with Crippen LogP contribution in [0.15, 0.2) is 350 Å². The van der Waals surface area contributed by atoms with Crippen molar-refractivity contribution in [3.63, 3.8) is 0 Å². The molecular formula is C89H61BrN5O3P3. The van der Waals surface area contributed by atoms with Gasteiger partial charge < -0.3 is 19.4 Å². The molecule has 2 aromatic heterocycles. The number of benzene rings is 15. The Labute approximate surface area is 593 Å². The van der Waals surface area contributed by atoms with Crippen LogP contribution >= 0.6 is 37.4 Å². The SMILES string of the molecule is Nc1cccc2c1Cc1ccccc1P2(=O)c1ccccc1.O=P1(c2ccccc2)c2ccccc2-n2c(-c3ccc(-c4c5ccccc5c(-c5ccccc5)c5ccccc45)cc3)nc3cccc1c32.O=P1(c2ccccc2)c2ccccc2-n2c(-c3ccc(Br)cc3)nc3cccc1c32. The van der Waals surface area contributed by atoms with E-state index in [9.17, 15) is 9.13 Å². The van der Waals surface area contributed by atoms with Crippen molar-refractivity contribution >= 4 is 134 Å². The predicted octanol–water partition coefficient (Wildman–Crippen LogP) is 18.5. The first kappa shape index (κ1) is 62.0. The van der Waals surface area contributed by atoms with Crippen molar-refractivity contribution in [3.8, 4) is 56.4 Å². The maximum atomic E-state index is 15.3. The van der Waals surface area contributed by atoms with Crippen molar-refractivity contribution in [3.05, 3.63) is 361 Å². The Morgan fingerprint density at radius 1 is 0.307 bits per heavy atom. The summed E-state index contributed by atoms with van der Waals surface area (Å²) in [5.74, 6) is 1.70. The van der Waals surface area contributed by atoms with Crippen molar-refractivity contribution in [2.45, 2.75) is 6.42 Å². The molecule has 3 aliphatic heterocycles. The van der Waals surface area contributed by atoms with Gasteiger partial charge in [0.15, 0.2) is 21.4 Å². The van der Waals surface area contributed by atoms with Gasteiger partial charge in [-0.15, -0.1) is 0 Å². The van der Waals surface area contributed by atoms with Gasteiger partial charge in [0, 0.05) is 75.4 Å². The van der Waals surface area contributed by atoms with Gasteiger partial charge in [0.25, 0.3) is 0 Å². The molecule has 3 unspecified atom stereocenters. The average molecular weight is 1420 g/mol. The third-order valence-corrected chi connectivity index (χ3v) is 30.0. The number of nitrogen functional groups attached to an aromatic ring is 1. The van der Waals surface area contributed by atoms with E-state index >= 15 is 4.57 Å². The smallest absolute Gasteiger partial charge is 0.175 e. The highest BCUT2D eigenvalue weighted by Crippen LogP contribution is 2.53. The van der Waals surface area contributed by atoms with Gasteiger partial charge in [-0.05, 0) is 122 Å².